The summed E-state index contributed by atoms with van der Waals surface area (Å²) in [6.45, 7) is 5.64. The molecule has 34 heavy (non-hydrogen) atoms. The van der Waals surface area contributed by atoms with Gasteiger partial charge in [-0.2, -0.15) is 4.98 Å². The van der Waals surface area contributed by atoms with Crippen molar-refractivity contribution in [3.8, 4) is 11.4 Å². The fourth-order valence-corrected chi connectivity index (χ4v) is 4.77. The largest absolute Gasteiger partial charge is 0.378 e. The van der Waals surface area contributed by atoms with E-state index in [1.165, 1.54) is 23.3 Å². The van der Waals surface area contributed by atoms with E-state index < -0.39 is 0 Å². The number of hydrogen-bond donors (Lipinski definition) is 0. The van der Waals surface area contributed by atoms with Gasteiger partial charge in [-0.1, -0.05) is 36.3 Å². The molecule has 2 unspecified atom stereocenters. The van der Waals surface area contributed by atoms with E-state index in [1.54, 1.807) is 12.1 Å². The van der Waals surface area contributed by atoms with Crippen molar-refractivity contribution in [2.24, 2.45) is 0 Å². The third-order valence-electron chi connectivity index (χ3n) is 6.76. The van der Waals surface area contributed by atoms with Gasteiger partial charge in [0, 0.05) is 37.7 Å². The first-order chi connectivity index (χ1) is 16.6. The van der Waals surface area contributed by atoms with Gasteiger partial charge in [-0.25, -0.2) is 9.18 Å². The molecule has 7 nitrogen and oxygen atoms in total. The van der Waals surface area contributed by atoms with Gasteiger partial charge >= 0.3 is 6.03 Å². The van der Waals surface area contributed by atoms with Crippen LogP contribution in [0.3, 0.4) is 0 Å². The first kappa shape index (κ1) is 22.5. The summed E-state index contributed by atoms with van der Waals surface area (Å²) in [4.78, 5) is 21.8. The van der Waals surface area contributed by atoms with Crippen molar-refractivity contribution in [1.29, 1.82) is 0 Å². The highest BCUT2D eigenvalue weighted by molar-refractivity contribution is 5.75. The van der Waals surface area contributed by atoms with Crippen molar-refractivity contribution in [3.63, 3.8) is 0 Å². The monoisotopic (exact) mass is 464 g/mol. The molecule has 3 aromatic rings. The maximum Gasteiger partial charge on any atom is 0.320 e. The summed E-state index contributed by atoms with van der Waals surface area (Å²) in [5, 5.41) is 4.13. The highest BCUT2D eigenvalue weighted by Gasteiger charge is 2.36. The molecule has 0 aliphatic carbocycles. The number of amides is 2. The molecule has 2 aliphatic rings. The lowest BCUT2D eigenvalue weighted by Crippen LogP contribution is -2.52. The molecule has 0 saturated carbocycles. The van der Waals surface area contributed by atoms with Crippen molar-refractivity contribution in [2.75, 3.05) is 39.4 Å². The Morgan fingerprint density at radius 1 is 1.00 bits per heavy atom. The Morgan fingerprint density at radius 3 is 2.41 bits per heavy atom. The molecule has 5 rings (SSSR count). The smallest absolute Gasteiger partial charge is 0.320 e. The van der Waals surface area contributed by atoms with Crippen LogP contribution < -0.4 is 0 Å². The number of carbonyl (C=O) groups is 1. The van der Waals surface area contributed by atoms with Crippen LogP contribution in [0.5, 0.6) is 0 Å². The van der Waals surface area contributed by atoms with Crippen LogP contribution in [-0.4, -0.2) is 65.4 Å². The van der Waals surface area contributed by atoms with Gasteiger partial charge in [0.2, 0.25) is 11.7 Å². The Bertz CT molecular complexity index is 1110. The fraction of sp³-hybridized carbons (Fsp3) is 0.423. The third kappa shape index (κ3) is 4.82. The molecule has 2 fully saturated rings. The van der Waals surface area contributed by atoms with Gasteiger partial charge < -0.3 is 19.1 Å². The van der Waals surface area contributed by atoms with Crippen LogP contribution in [0.1, 0.15) is 42.2 Å². The maximum absolute atomic E-state index is 13.4. The minimum absolute atomic E-state index is 0.0291. The van der Waals surface area contributed by atoms with Gasteiger partial charge in [0.1, 0.15) is 5.82 Å². The second-order valence-corrected chi connectivity index (χ2v) is 8.97. The van der Waals surface area contributed by atoms with Crippen molar-refractivity contribution in [1.82, 2.24) is 19.9 Å². The van der Waals surface area contributed by atoms with E-state index in [9.17, 15) is 9.18 Å². The first-order valence-electron chi connectivity index (χ1n) is 11.9. The number of piperidine rings is 1. The average molecular weight is 465 g/mol. The number of nitrogens with zero attached hydrogens (tertiary/aromatic N) is 4. The molecule has 0 N–H and O–H groups in total. The molecule has 2 aromatic carbocycles. The Labute approximate surface area is 198 Å². The van der Waals surface area contributed by atoms with E-state index in [0.29, 0.717) is 56.7 Å². The molecule has 3 heterocycles. The number of morpholine rings is 1. The topological polar surface area (TPSA) is 71.7 Å². The normalized spacial score (nSPS) is 21.0. The zero-order chi connectivity index (χ0) is 23.5. The molecular weight excluding hydrogens is 435 g/mol. The number of halogens is 1. The number of urea groups is 1. The highest BCUT2D eigenvalue weighted by Crippen LogP contribution is 2.36. The third-order valence-corrected chi connectivity index (χ3v) is 6.76. The number of hydrogen-bond acceptors (Lipinski definition) is 5. The number of ether oxygens (including phenoxy) is 1. The summed E-state index contributed by atoms with van der Waals surface area (Å²) >= 11 is 0. The molecule has 2 atom stereocenters. The van der Waals surface area contributed by atoms with Crippen LogP contribution in [0.2, 0.25) is 0 Å². The predicted molar refractivity (Wildman–Crippen MR) is 125 cm³/mol. The van der Waals surface area contributed by atoms with Gasteiger partial charge in [0.15, 0.2) is 0 Å². The van der Waals surface area contributed by atoms with Gasteiger partial charge in [0.25, 0.3) is 0 Å². The molecule has 2 aliphatic heterocycles. The molecule has 1 aromatic heterocycles. The van der Waals surface area contributed by atoms with Crippen LogP contribution in [0.4, 0.5) is 9.18 Å². The van der Waals surface area contributed by atoms with E-state index in [4.69, 9.17) is 9.26 Å². The zero-order valence-corrected chi connectivity index (χ0v) is 19.3. The number of aromatic nitrogens is 2. The average Bonchev–Trinajstić information content (AvgIpc) is 3.39. The van der Waals surface area contributed by atoms with E-state index in [2.05, 4.69) is 41.3 Å². The van der Waals surface area contributed by atoms with Gasteiger partial charge in [-0.05, 0) is 48.2 Å². The fourth-order valence-electron chi connectivity index (χ4n) is 4.77. The number of carbonyl (C=O) groups excluding carboxylic acids is 1. The quantitative estimate of drug-likeness (QED) is 0.570. The Hall–Kier alpha value is -3.26. The Morgan fingerprint density at radius 2 is 1.71 bits per heavy atom. The SMILES string of the molecule is CCc1ccc(C2CC(c3nc(-c4ccc(F)cc4)no3)CN(C(=O)N3CCOCC3)C2)cc1. The number of aryl methyl sites for hydroxylation is 1. The summed E-state index contributed by atoms with van der Waals surface area (Å²) in [5.74, 6) is 0.700. The molecule has 0 spiro atoms. The summed E-state index contributed by atoms with van der Waals surface area (Å²) in [6.07, 6.45) is 1.80. The molecular formula is C26H29FN4O3. The van der Waals surface area contributed by atoms with E-state index >= 15 is 0 Å². The maximum atomic E-state index is 13.4. The molecule has 2 saturated heterocycles. The van der Waals surface area contributed by atoms with Crippen LogP contribution in [0.15, 0.2) is 53.1 Å². The van der Waals surface area contributed by atoms with Gasteiger partial charge in [-0.3, -0.25) is 0 Å². The van der Waals surface area contributed by atoms with Crippen molar-refractivity contribution >= 4 is 6.03 Å². The standard InChI is InChI=1S/C26H29FN4O3/c1-2-18-3-5-19(6-4-18)21-15-22(17-31(16-21)26(32)30-11-13-33-14-12-30)25-28-24(29-34-25)20-7-9-23(27)10-8-20/h3-10,21-22H,2,11-17H2,1H3. The van der Waals surface area contributed by atoms with Gasteiger partial charge in [0.05, 0.1) is 19.1 Å². The lowest BCUT2D eigenvalue weighted by Gasteiger charge is -2.40. The first-order valence-corrected chi connectivity index (χ1v) is 11.9. The minimum Gasteiger partial charge on any atom is -0.378 e. The summed E-state index contributed by atoms with van der Waals surface area (Å²) in [5.41, 5.74) is 3.19. The van der Waals surface area contributed by atoms with Crippen LogP contribution >= 0.6 is 0 Å². The van der Waals surface area contributed by atoms with Crippen LogP contribution in [0, 0.1) is 5.82 Å². The van der Waals surface area contributed by atoms with Crippen LogP contribution in [-0.2, 0) is 11.2 Å². The Balaban J connectivity index is 1.40. The Kier molecular flexibility index (Phi) is 6.58. The predicted octanol–water partition coefficient (Wildman–Crippen LogP) is 4.46. The number of rotatable bonds is 4. The molecule has 0 bridgehead atoms. The van der Waals surface area contributed by atoms with Crippen LogP contribution in [0.25, 0.3) is 11.4 Å². The lowest BCUT2D eigenvalue weighted by atomic mass is 9.84. The lowest BCUT2D eigenvalue weighted by molar-refractivity contribution is 0.0392. The minimum atomic E-state index is -0.311. The van der Waals surface area contributed by atoms with E-state index in [-0.39, 0.29) is 23.7 Å². The van der Waals surface area contributed by atoms with Crippen molar-refractivity contribution in [2.45, 2.75) is 31.6 Å². The summed E-state index contributed by atoms with van der Waals surface area (Å²) < 4.78 is 24.4. The van der Waals surface area contributed by atoms with Crippen molar-refractivity contribution in [3.05, 3.63) is 71.4 Å². The van der Waals surface area contributed by atoms with E-state index in [1.807, 2.05) is 9.80 Å². The molecule has 2 amide bonds. The second-order valence-electron chi connectivity index (χ2n) is 8.97. The second kappa shape index (κ2) is 9.93. The summed E-state index contributed by atoms with van der Waals surface area (Å²) in [6, 6.07) is 14.7. The molecule has 8 heteroatoms. The molecule has 0 radical (unpaired) electrons. The highest BCUT2D eigenvalue weighted by atomic mass is 19.1. The molecule has 178 valence electrons. The zero-order valence-electron chi connectivity index (χ0n) is 19.3. The number of benzene rings is 2. The van der Waals surface area contributed by atoms with Crippen molar-refractivity contribution < 1.29 is 18.4 Å². The van der Waals surface area contributed by atoms with E-state index in [0.717, 1.165) is 12.8 Å². The summed E-state index contributed by atoms with van der Waals surface area (Å²) in [7, 11) is 0. The van der Waals surface area contributed by atoms with Gasteiger partial charge in [-0.15, -0.1) is 0 Å². The number of likely N-dealkylation sites (tertiary alicyclic amines) is 1.